The first-order chi connectivity index (χ1) is 14.1. The lowest BCUT2D eigenvalue weighted by Gasteiger charge is -2.22. The van der Waals surface area contributed by atoms with Crippen LogP contribution in [0.2, 0.25) is 0 Å². The van der Waals surface area contributed by atoms with E-state index in [4.69, 9.17) is 9.47 Å². The molecule has 1 amide bonds. The van der Waals surface area contributed by atoms with Gasteiger partial charge in [-0.3, -0.25) is 9.69 Å². The van der Waals surface area contributed by atoms with Crippen molar-refractivity contribution in [3.63, 3.8) is 0 Å². The van der Waals surface area contributed by atoms with Gasteiger partial charge in [0.25, 0.3) is 0 Å². The summed E-state index contributed by atoms with van der Waals surface area (Å²) >= 11 is 0. The van der Waals surface area contributed by atoms with Gasteiger partial charge in [-0.1, -0.05) is 63.4 Å². The molecule has 0 saturated carbocycles. The van der Waals surface area contributed by atoms with Crippen molar-refractivity contribution in [2.24, 2.45) is 5.92 Å². The molecule has 0 spiro atoms. The molecule has 6 heteroatoms. The van der Waals surface area contributed by atoms with Crippen LogP contribution in [0, 0.1) is 5.92 Å². The number of esters is 1. The highest BCUT2D eigenvalue weighted by atomic mass is 16.6. The van der Waals surface area contributed by atoms with Crippen molar-refractivity contribution in [3.05, 3.63) is 35.9 Å². The van der Waals surface area contributed by atoms with Crippen molar-refractivity contribution < 1.29 is 19.1 Å². The summed E-state index contributed by atoms with van der Waals surface area (Å²) in [7, 11) is 0. The summed E-state index contributed by atoms with van der Waals surface area (Å²) < 4.78 is 10.9. The van der Waals surface area contributed by atoms with Gasteiger partial charge in [-0.25, -0.2) is 4.79 Å². The van der Waals surface area contributed by atoms with Crippen LogP contribution in [0.15, 0.2) is 30.3 Å². The van der Waals surface area contributed by atoms with Gasteiger partial charge in [0.2, 0.25) is 0 Å². The summed E-state index contributed by atoms with van der Waals surface area (Å²) in [6.07, 6.45) is 5.09. The number of rotatable bonds is 10. The highest BCUT2D eigenvalue weighted by Crippen LogP contribution is 2.14. The van der Waals surface area contributed by atoms with Gasteiger partial charge in [0.05, 0.1) is 13.2 Å². The van der Waals surface area contributed by atoms with Gasteiger partial charge in [-0.15, -0.1) is 0 Å². The molecule has 0 bridgehead atoms. The molecule has 1 unspecified atom stereocenters. The Morgan fingerprint density at radius 1 is 1.03 bits per heavy atom. The van der Waals surface area contributed by atoms with Crippen LogP contribution in [0.1, 0.15) is 51.5 Å². The van der Waals surface area contributed by atoms with E-state index in [9.17, 15) is 9.59 Å². The third-order valence-corrected chi connectivity index (χ3v) is 5.43. The molecule has 0 aromatic heterocycles. The quantitative estimate of drug-likeness (QED) is 0.550. The molecule has 1 saturated heterocycles. The van der Waals surface area contributed by atoms with Gasteiger partial charge >= 0.3 is 12.1 Å². The molecule has 6 nitrogen and oxygen atoms in total. The topological polar surface area (TPSA) is 59.1 Å². The molecule has 1 aliphatic rings. The van der Waals surface area contributed by atoms with Gasteiger partial charge in [-0.2, -0.15) is 0 Å². The van der Waals surface area contributed by atoms with E-state index < -0.39 is 0 Å². The molecule has 0 aliphatic carbocycles. The maximum absolute atomic E-state index is 12.4. The van der Waals surface area contributed by atoms with E-state index in [-0.39, 0.29) is 18.6 Å². The normalized spacial score (nSPS) is 16.1. The van der Waals surface area contributed by atoms with E-state index in [2.05, 4.69) is 18.7 Å². The molecule has 1 fully saturated rings. The molecule has 29 heavy (non-hydrogen) atoms. The first-order valence-electron chi connectivity index (χ1n) is 11.0. The number of hydrogen-bond donors (Lipinski definition) is 0. The molecule has 1 aromatic rings. The summed E-state index contributed by atoms with van der Waals surface area (Å²) in [4.78, 5) is 28.4. The first-order valence-corrected chi connectivity index (χ1v) is 11.0. The third kappa shape index (κ3) is 8.86. The Labute approximate surface area is 175 Å². The Morgan fingerprint density at radius 2 is 1.83 bits per heavy atom. The number of carbonyl (C=O) groups excluding carboxylic acids is 2. The van der Waals surface area contributed by atoms with Crippen LogP contribution in [0.5, 0.6) is 0 Å². The largest absolute Gasteiger partial charge is 0.460 e. The second kappa shape index (κ2) is 13.2. The maximum atomic E-state index is 12.4. The zero-order valence-corrected chi connectivity index (χ0v) is 18.0. The van der Waals surface area contributed by atoms with Crippen molar-refractivity contribution in [2.45, 2.75) is 52.6 Å². The molecular weight excluding hydrogens is 368 g/mol. The zero-order valence-electron chi connectivity index (χ0n) is 18.0. The lowest BCUT2D eigenvalue weighted by atomic mass is 10.0. The SMILES string of the molecule is CCCCC(CC)COC(=O)N1CCCN(CC(=O)OCc2ccccc2)CC1. The van der Waals surface area contributed by atoms with E-state index in [1.807, 2.05) is 30.3 Å². The summed E-state index contributed by atoms with van der Waals surface area (Å²) in [5.41, 5.74) is 0.981. The lowest BCUT2D eigenvalue weighted by molar-refractivity contribution is -0.146. The van der Waals surface area contributed by atoms with Crippen molar-refractivity contribution in [1.29, 1.82) is 0 Å². The Hall–Kier alpha value is -2.08. The number of benzene rings is 1. The average Bonchev–Trinajstić information content (AvgIpc) is 2.98. The molecule has 162 valence electrons. The Morgan fingerprint density at radius 3 is 2.55 bits per heavy atom. The summed E-state index contributed by atoms with van der Waals surface area (Å²) in [6.45, 7) is 8.06. The summed E-state index contributed by atoms with van der Waals surface area (Å²) in [6, 6.07) is 9.67. The van der Waals surface area contributed by atoms with E-state index >= 15 is 0 Å². The molecule has 0 N–H and O–H groups in total. The minimum atomic E-state index is -0.230. The maximum Gasteiger partial charge on any atom is 0.409 e. The van der Waals surface area contributed by atoms with Crippen LogP contribution in [-0.2, 0) is 20.9 Å². The molecule has 2 rings (SSSR count). The van der Waals surface area contributed by atoms with E-state index in [1.54, 1.807) is 4.90 Å². The predicted octanol–water partition coefficient (Wildman–Crippen LogP) is 4.09. The van der Waals surface area contributed by atoms with Gasteiger partial charge in [0.15, 0.2) is 0 Å². The van der Waals surface area contributed by atoms with Gasteiger partial charge in [0, 0.05) is 26.2 Å². The van der Waals surface area contributed by atoms with Crippen molar-refractivity contribution >= 4 is 12.1 Å². The van der Waals surface area contributed by atoms with Gasteiger partial charge in [-0.05, 0) is 24.3 Å². The summed E-state index contributed by atoms with van der Waals surface area (Å²) in [5.74, 6) is 0.216. The fraction of sp³-hybridized carbons (Fsp3) is 0.652. The van der Waals surface area contributed by atoms with E-state index in [0.717, 1.165) is 31.4 Å². The fourth-order valence-corrected chi connectivity index (χ4v) is 3.46. The monoisotopic (exact) mass is 404 g/mol. The van der Waals surface area contributed by atoms with Crippen LogP contribution >= 0.6 is 0 Å². The Bertz CT molecular complexity index is 608. The van der Waals surface area contributed by atoms with Crippen molar-refractivity contribution in [2.75, 3.05) is 39.3 Å². The minimum Gasteiger partial charge on any atom is -0.460 e. The molecule has 1 atom stereocenters. The standard InChI is InChI=1S/C23H36N2O4/c1-3-5-10-20(4-2)18-29-23(27)25-14-9-13-24(15-16-25)17-22(26)28-19-21-11-7-6-8-12-21/h6-8,11-12,20H,3-5,9-10,13-19H2,1-2H3. The average molecular weight is 405 g/mol. The zero-order chi connectivity index (χ0) is 20.9. The first kappa shape index (κ1) is 23.2. The van der Waals surface area contributed by atoms with Crippen LogP contribution in [0.4, 0.5) is 4.79 Å². The fourth-order valence-electron chi connectivity index (χ4n) is 3.46. The van der Waals surface area contributed by atoms with E-state index in [0.29, 0.717) is 38.8 Å². The second-order valence-electron chi connectivity index (χ2n) is 7.76. The minimum absolute atomic E-state index is 0.228. The smallest absolute Gasteiger partial charge is 0.409 e. The Kier molecular flexibility index (Phi) is 10.6. The van der Waals surface area contributed by atoms with E-state index in [1.165, 1.54) is 12.8 Å². The molecule has 1 aliphatic heterocycles. The number of amides is 1. The number of hydrogen-bond acceptors (Lipinski definition) is 5. The molecular formula is C23H36N2O4. The Balaban J connectivity index is 1.69. The molecule has 1 heterocycles. The van der Waals surface area contributed by atoms with Crippen LogP contribution in [0.25, 0.3) is 0 Å². The predicted molar refractivity (Wildman–Crippen MR) is 114 cm³/mol. The van der Waals surface area contributed by atoms with Crippen LogP contribution in [0.3, 0.4) is 0 Å². The number of unbranched alkanes of at least 4 members (excludes halogenated alkanes) is 1. The van der Waals surface area contributed by atoms with Crippen LogP contribution < -0.4 is 0 Å². The van der Waals surface area contributed by atoms with Crippen LogP contribution in [-0.4, -0.2) is 61.2 Å². The second-order valence-corrected chi connectivity index (χ2v) is 7.76. The lowest BCUT2D eigenvalue weighted by Crippen LogP contribution is -2.37. The number of nitrogens with zero attached hydrogens (tertiary/aromatic N) is 2. The number of ether oxygens (including phenoxy) is 2. The van der Waals surface area contributed by atoms with Gasteiger partial charge in [0.1, 0.15) is 6.61 Å². The van der Waals surface area contributed by atoms with Crippen molar-refractivity contribution in [3.8, 4) is 0 Å². The number of carbonyl (C=O) groups is 2. The van der Waals surface area contributed by atoms with Crippen molar-refractivity contribution in [1.82, 2.24) is 9.80 Å². The highest BCUT2D eigenvalue weighted by Gasteiger charge is 2.22. The summed E-state index contributed by atoms with van der Waals surface area (Å²) in [5, 5.41) is 0. The molecule has 0 radical (unpaired) electrons. The third-order valence-electron chi connectivity index (χ3n) is 5.43. The van der Waals surface area contributed by atoms with Gasteiger partial charge < -0.3 is 14.4 Å². The highest BCUT2D eigenvalue weighted by molar-refractivity contribution is 5.71. The molecule has 1 aromatic carbocycles.